The molecule has 0 spiro atoms. The Hall–Kier alpha value is -2.92. The van der Waals surface area contributed by atoms with Crippen LogP contribution in [0.25, 0.3) is 11.1 Å². The van der Waals surface area contributed by atoms with Gasteiger partial charge in [0.05, 0.1) is 11.1 Å². The van der Waals surface area contributed by atoms with Gasteiger partial charge in [0.25, 0.3) is 0 Å². The Morgan fingerprint density at radius 2 is 0.816 bits per heavy atom. The molecule has 2 nitrogen and oxygen atoms in total. The number of halogens is 16. The van der Waals surface area contributed by atoms with Crippen molar-refractivity contribution < 1.29 is 79.7 Å². The van der Waals surface area contributed by atoms with E-state index in [-0.39, 0.29) is 0 Å². The average molecular weight is 586 g/mol. The maximum atomic E-state index is 14.4. The van der Waals surface area contributed by atoms with Gasteiger partial charge < -0.3 is 9.47 Å². The van der Waals surface area contributed by atoms with E-state index in [4.69, 9.17) is 0 Å². The molecule has 0 saturated heterocycles. The van der Waals surface area contributed by atoms with Crippen molar-refractivity contribution in [1.29, 1.82) is 0 Å². The van der Waals surface area contributed by atoms with Crippen molar-refractivity contribution in [1.82, 2.24) is 0 Å². The number of ether oxygens (including phenoxy) is 2. The molecule has 2 rings (SSSR count). The summed E-state index contributed by atoms with van der Waals surface area (Å²) in [5.74, 6) is -50.7. The summed E-state index contributed by atoms with van der Waals surface area (Å²) in [6, 6.07) is 0. The first kappa shape index (κ1) is 31.3. The van der Waals surface area contributed by atoms with E-state index >= 15 is 0 Å². The Labute approximate surface area is 200 Å². The lowest BCUT2D eigenvalue weighted by atomic mass is 9.99. The molecule has 0 heterocycles. The highest BCUT2D eigenvalue weighted by molar-refractivity contribution is 5.68. The summed E-state index contributed by atoms with van der Waals surface area (Å²) in [5.41, 5.74) is -6.22. The zero-order chi connectivity index (χ0) is 29.8. The molecule has 0 atom stereocenters. The number of hydrogen-bond acceptors (Lipinski definition) is 2. The van der Waals surface area contributed by atoms with Gasteiger partial charge in [0, 0.05) is 12.7 Å². The number of benzene rings is 2. The van der Waals surface area contributed by atoms with E-state index in [1.807, 2.05) is 0 Å². The Morgan fingerprint density at radius 3 is 1.16 bits per heavy atom. The summed E-state index contributed by atoms with van der Waals surface area (Å²) >= 11 is 0. The lowest BCUT2D eigenvalue weighted by Gasteiger charge is -2.36. The van der Waals surface area contributed by atoms with Crippen LogP contribution in [0, 0.1) is 53.5 Å². The molecule has 2 aromatic carbocycles. The second-order valence-electron chi connectivity index (χ2n) is 7.50. The molecule has 0 aliphatic carbocycles. The minimum absolute atomic E-state index is 0.318. The minimum Gasteiger partial charge on any atom is -0.481 e. The van der Waals surface area contributed by atoms with Crippen LogP contribution in [0.5, 0.6) is 5.75 Å². The summed E-state index contributed by atoms with van der Waals surface area (Å²) in [6.07, 6.45) is 0. The van der Waals surface area contributed by atoms with E-state index in [1.165, 1.54) is 0 Å². The Morgan fingerprint density at radius 1 is 0.500 bits per heavy atom. The highest BCUT2D eigenvalue weighted by atomic mass is 19.4. The fraction of sp³-hybridized carbons (Fsp3) is 0.400. The molecule has 0 fully saturated rings. The third-order valence-corrected chi connectivity index (χ3v) is 4.99. The smallest absolute Gasteiger partial charge is 0.381 e. The Balaban J connectivity index is 2.60. The van der Waals surface area contributed by atoms with Crippen molar-refractivity contribution in [2.24, 2.45) is 0 Å². The van der Waals surface area contributed by atoms with Crippen LogP contribution < -0.4 is 4.74 Å². The van der Waals surface area contributed by atoms with Crippen LogP contribution in [-0.2, 0) is 4.74 Å². The van der Waals surface area contributed by atoms with Gasteiger partial charge in [0.15, 0.2) is 47.3 Å². The van der Waals surface area contributed by atoms with Crippen molar-refractivity contribution in [3.63, 3.8) is 0 Å². The maximum Gasteiger partial charge on any atom is 0.381 e. The largest absolute Gasteiger partial charge is 0.481 e. The molecule has 0 unspecified atom stereocenters. The molecule has 0 bridgehead atoms. The van der Waals surface area contributed by atoms with Crippen molar-refractivity contribution in [2.75, 3.05) is 20.3 Å². The van der Waals surface area contributed by atoms with Crippen molar-refractivity contribution >= 4 is 0 Å². The predicted molar refractivity (Wildman–Crippen MR) is 93.4 cm³/mol. The highest BCUT2D eigenvalue weighted by Gasteiger charge is 2.80. The van der Waals surface area contributed by atoms with Crippen LogP contribution in [0.15, 0.2) is 0 Å². The van der Waals surface area contributed by atoms with Crippen LogP contribution in [0.4, 0.5) is 70.2 Å². The van der Waals surface area contributed by atoms with Gasteiger partial charge in [0.1, 0.15) is 6.61 Å². The van der Waals surface area contributed by atoms with E-state index in [0.717, 1.165) is 0 Å². The molecular weight excluding hydrogens is 576 g/mol. The van der Waals surface area contributed by atoms with E-state index in [1.54, 1.807) is 0 Å². The summed E-state index contributed by atoms with van der Waals surface area (Å²) in [7, 11) is 0.318. The molecule has 2 aromatic rings. The first-order chi connectivity index (χ1) is 17.1. The fourth-order valence-electron chi connectivity index (χ4n) is 2.90. The van der Waals surface area contributed by atoms with E-state index in [0.29, 0.717) is 14.0 Å². The highest BCUT2D eigenvalue weighted by Crippen LogP contribution is 2.53. The summed E-state index contributed by atoms with van der Waals surface area (Å²) in [5, 5.41) is 0. The number of methoxy groups -OCH3 is 1. The molecular formula is C20H10F16O2. The van der Waals surface area contributed by atoms with Crippen LogP contribution in [0.1, 0.15) is 5.56 Å². The molecule has 0 radical (unpaired) electrons. The third kappa shape index (κ3) is 4.59. The van der Waals surface area contributed by atoms with Gasteiger partial charge in [-0.05, 0) is 6.92 Å². The molecule has 18 heteroatoms. The van der Waals surface area contributed by atoms with Crippen molar-refractivity contribution in [3.05, 3.63) is 52.1 Å². The van der Waals surface area contributed by atoms with Gasteiger partial charge in [-0.1, -0.05) is 0 Å². The summed E-state index contributed by atoms with van der Waals surface area (Å²) in [6.45, 7) is -5.36. The molecule has 0 aromatic heterocycles. The topological polar surface area (TPSA) is 18.5 Å². The average Bonchev–Trinajstić information content (AvgIpc) is 2.81. The number of hydrogen-bond donors (Lipinski definition) is 0. The second-order valence-corrected chi connectivity index (χ2v) is 7.50. The molecule has 0 aliphatic heterocycles. The molecule has 38 heavy (non-hydrogen) atoms. The summed E-state index contributed by atoms with van der Waals surface area (Å²) < 4.78 is 229. The zero-order valence-corrected chi connectivity index (χ0v) is 18.3. The van der Waals surface area contributed by atoms with E-state index in [2.05, 4.69) is 9.47 Å². The van der Waals surface area contributed by atoms with Crippen LogP contribution in [0.3, 0.4) is 0 Å². The lowest BCUT2D eigenvalue weighted by Crippen LogP contribution is -2.64. The normalized spacial score (nSPS) is 13.3. The fourth-order valence-corrected chi connectivity index (χ4v) is 2.90. The molecule has 0 amide bonds. The van der Waals surface area contributed by atoms with E-state index < -0.39 is 106 Å². The van der Waals surface area contributed by atoms with Crippen LogP contribution in [-0.4, -0.2) is 44.0 Å². The van der Waals surface area contributed by atoms with Crippen molar-refractivity contribution in [3.8, 4) is 16.9 Å². The van der Waals surface area contributed by atoms with Gasteiger partial charge >= 0.3 is 23.7 Å². The van der Waals surface area contributed by atoms with Crippen molar-refractivity contribution in [2.45, 2.75) is 30.6 Å². The third-order valence-electron chi connectivity index (χ3n) is 4.99. The number of alkyl halides is 8. The predicted octanol–water partition coefficient (Wildman–Crippen LogP) is 7.34. The molecule has 0 saturated carbocycles. The van der Waals surface area contributed by atoms with Gasteiger partial charge in [-0.25, -0.2) is 26.3 Å². The van der Waals surface area contributed by atoms with Crippen LogP contribution >= 0.6 is 0 Å². The van der Waals surface area contributed by atoms with Gasteiger partial charge in [-0.15, -0.1) is 0 Å². The second kappa shape index (κ2) is 10.00. The minimum atomic E-state index is -7.05. The first-order valence-corrected chi connectivity index (χ1v) is 9.42. The molecule has 214 valence electrons. The first-order valence-electron chi connectivity index (χ1n) is 9.42. The van der Waals surface area contributed by atoms with Gasteiger partial charge in [-0.3, -0.25) is 0 Å². The SMILES string of the molecule is COCC(F)(F)C(F)(F)C(F)(F)C(F)(F)COc1c(F)c(F)c(-c2c(F)c(F)c(C)c(F)c2F)c(F)c1F. The standard InChI is InChI=1S/C20H10F16O2/c1-5-8(21)10(23)6(11(24)9(5)22)7-12(25)14(27)16(15(28)13(7)26)38-4-18(31,32)20(35,36)19(33,34)17(29,30)3-37-2/h3-4H2,1-2H3. The quantitative estimate of drug-likeness (QED) is 0.226. The van der Waals surface area contributed by atoms with Gasteiger partial charge in [-0.2, -0.15) is 43.9 Å². The zero-order valence-electron chi connectivity index (χ0n) is 18.3. The maximum absolute atomic E-state index is 14.4. The number of rotatable bonds is 9. The summed E-state index contributed by atoms with van der Waals surface area (Å²) in [4.78, 5) is 0. The van der Waals surface area contributed by atoms with E-state index in [9.17, 15) is 70.2 Å². The molecule has 0 aliphatic rings. The van der Waals surface area contributed by atoms with Gasteiger partial charge in [0.2, 0.25) is 11.6 Å². The Bertz CT molecular complexity index is 1180. The monoisotopic (exact) mass is 586 g/mol. The molecule has 0 N–H and O–H groups in total. The lowest BCUT2D eigenvalue weighted by molar-refractivity contribution is -0.373. The Kier molecular flexibility index (Phi) is 8.23. The van der Waals surface area contributed by atoms with Crippen LogP contribution in [0.2, 0.25) is 0 Å².